The van der Waals surface area contributed by atoms with Gasteiger partial charge in [-0.2, -0.15) is 0 Å². The van der Waals surface area contributed by atoms with Crippen LogP contribution in [0.3, 0.4) is 0 Å². The standard InChI is InChI=1S/C15H20O4.CH3NO/c1-9-7-6-8-11(12(9)13(16)17)10(2)14(18)19-15(3,4)5;2-1-3/h6-8,10H,1-5H3,(H,16,17);1H,(H2,2,3). The van der Waals surface area contributed by atoms with E-state index in [1.54, 1.807) is 52.8 Å². The summed E-state index contributed by atoms with van der Waals surface area (Å²) in [7, 11) is 0. The van der Waals surface area contributed by atoms with Gasteiger partial charge in [0.2, 0.25) is 6.41 Å². The van der Waals surface area contributed by atoms with Gasteiger partial charge in [-0.05, 0) is 45.7 Å². The minimum absolute atomic E-state index is 0.181. The fourth-order valence-corrected chi connectivity index (χ4v) is 1.86. The Bertz CT molecular complexity index is 546. The maximum Gasteiger partial charge on any atom is 0.336 e. The van der Waals surface area contributed by atoms with Crippen LogP contribution in [0.15, 0.2) is 18.2 Å². The topological polar surface area (TPSA) is 107 Å². The summed E-state index contributed by atoms with van der Waals surface area (Å²) in [6, 6.07) is 5.12. The van der Waals surface area contributed by atoms with Gasteiger partial charge in [-0.1, -0.05) is 18.2 Å². The van der Waals surface area contributed by atoms with E-state index < -0.39 is 23.5 Å². The third-order valence-corrected chi connectivity index (χ3v) is 2.75. The number of primary amides is 1. The zero-order chi connectivity index (χ0) is 17.5. The van der Waals surface area contributed by atoms with Gasteiger partial charge in [0.1, 0.15) is 5.60 Å². The number of esters is 1. The van der Waals surface area contributed by atoms with Crippen molar-refractivity contribution in [2.75, 3.05) is 0 Å². The molecule has 0 heterocycles. The van der Waals surface area contributed by atoms with Crippen molar-refractivity contribution in [1.82, 2.24) is 0 Å². The van der Waals surface area contributed by atoms with Gasteiger partial charge in [0.15, 0.2) is 0 Å². The van der Waals surface area contributed by atoms with Crippen molar-refractivity contribution in [1.29, 1.82) is 0 Å². The molecule has 0 spiro atoms. The van der Waals surface area contributed by atoms with Gasteiger partial charge < -0.3 is 15.6 Å². The molecule has 1 unspecified atom stereocenters. The molecule has 1 rings (SSSR count). The monoisotopic (exact) mass is 309 g/mol. The van der Waals surface area contributed by atoms with Crippen molar-refractivity contribution in [3.05, 3.63) is 34.9 Å². The molecule has 6 nitrogen and oxygen atoms in total. The maximum atomic E-state index is 12.0. The van der Waals surface area contributed by atoms with E-state index in [0.29, 0.717) is 11.1 Å². The van der Waals surface area contributed by atoms with E-state index in [1.807, 2.05) is 0 Å². The number of benzene rings is 1. The molecule has 3 N–H and O–H groups in total. The van der Waals surface area contributed by atoms with E-state index in [1.165, 1.54) is 0 Å². The van der Waals surface area contributed by atoms with Crippen LogP contribution in [0.25, 0.3) is 0 Å². The fraction of sp³-hybridized carbons (Fsp3) is 0.438. The molecule has 0 saturated heterocycles. The van der Waals surface area contributed by atoms with Crippen LogP contribution in [0.1, 0.15) is 55.1 Å². The van der Waals surface area contributed by atoms with Gasteiger partial charge in [0, 0.05) is 0 Å². The Kier molecular flexibility index (Phi) is 7.29. The van der Waals surface area contributed by atoms with Gasteiger partial charge in [0.05, 0.1) is 11.5 Å². The second-order valence-electron chi connectivity index (χ2n) is 5.74. The largest absolute Gasteiger partial charge is 0.478 e. The summed E-state index contributed by atoms with van der Waals surface area (Å²) in [6.07, 6.45) is 0.250. The number of nitrogens with two attached hydrogens (primary N) is 1. The highest BCUT2D eigenvalue weighted by atomic mass is 16.6. The lowest BCUT2D eigenvalue weighted by Crippen LogP contribution is -2.27. The molecular weight excluding hydrogens is 286 g/mol. The molecule has 6 heteroatoms. The molecule has 0 bridgehead atoms. The molecule has 0 fully saturated rings. The molecule has 0 aromatic heterocycles. The zero-order valence-corrected chi connectivity index (χ0v) is 13.5. The molecule has 1 atom stereocenters. The van der Waals surface area contributed by atoms with Gasteiger partial charge >= 0.3 is 11.9 Å². The van der Waals surface area contributed by atoms with E-state index in [-0.39, 0.29) is 12.0 Å². The molecule has 0 saturated carbocycles. The van der Waals surface area contributed by atoms with E-state index in [4.69, 9.17) is 9.53 Å². The smallest absolute Gasteiger partial charge is 0.336 e. The molecule has 0 aliphatic heterocycles. The number of aryl methyl sites for hydroxylation is 1. The van der Waals surface area contributed by atoms with Gasteiger partial charge in [-0.3, -0.25) is 9.59 Å². The molecule has 1 amide bonds. The van der Waals surface area contributed by atoms with Crippen LogP contribution >= 0.6 is 0 Å². The number of carbonyl (C=O) groups is 3. The van der Waals surface area contributed by atoms with Gasteiger partial charge in [-0.15, -0.1) is 0 Å². The Morgan fingerprint density at radius 3 is 2.23 bits per heavy atom. The minimum Gasteiger partial charge on any atom is -0.478 e. The summed E-state index contributed by atoms with van der Waals surface area (Å²) >= 11 is 0. The second-order valence-corrected chi connectivity index (χ2v) is 5.74. The number of carbonyl (C=O) groups excluding carboxylic acids is 2. The van der Waals surface area contributed by atoms with Crippen molar-refractivity contribution in [2.24, 2.45) is 5.73 Å². The van der Waals surface area contributed by atoms with Crippen molar-refractivity contribution in [2.45, 2.75) is 46.1 Å². The summed E-state index contributed by atoms with van der Waals surface area (Å²) in [5, 5.41) is 9.26. The highest BCUT2D eigenvalue weighted by molar-refractivity contribution is 5.93. The Labute approximate surface area is 130 Å². The van der Waals surface area contributed by atoms with E-state index in [2.05, 4.69) is 5.73 Å². The average Bonchev–Trinajstić information content (AvgIpc) is 2.35. The first kappa shape index (κ1) is 19.6. The first-order valence-electron chi connectivity index (χ1n) is 6.76. The second kappa shape index (κ2) is 8.17. The van der Waals surface area contributed by atoms with Crippen molar-refractivity contribution in [3.63, 3.8) is 0 Å². The third-order valence-electron chi connectivity index (χ3n) is 2.75. The summed E-state index contributed by atoms with van der Waals surface area (Å²) in [5.74, 6) is -2.05. The number of ether oxygens (including phenoxy) is 1. The molecule has 1 aromatic rings. The lowest BCUT2D eigenvalue weighted by atomic mass is 9.92. The number of rotatable bonds is 3. The first-order valence-corrected chi connectivity index (χ1v) is 6.76. The lowest BCUT2D eigenvalue weighted by molar-refractivity contribution is -0.156. The first-order chi connectivity index (χ1) is 10.0. The molecule has 1 aromatic carbocycles. The normalized spacial score (nSPS) is 11.7. The zero-order valence-electron chi connectivity index (χ0n) is 13.5. The number of hydrogen-bond acceptors (Lipinski definition) is 4. The molecular formula is C16H23NO5. The number of carboxylic acid groups (broad SMARTS) is 1. The highest BCUT2D eigenvalue weighted by Gasteiger charge is 2.26. The van der Waals surface area contributed by atoms with Crippen LogP contribution in [0, 0.1) is 6.92 Å². The van der Waals surface area contributed by atoms with Crippen LogP contribution in [-0.2, 0) is 14.3 Å². The van der Waals surface area contributed by atoms with Crippen LogP contribution in [0.5, 0.6) is 0 Å². The van der Waals surface area contributed by atoms with E-state index in [0.717, 1.165) is 0 Å². The van der Waals surface area contributed by atoms with Crippen LogP contribution < -0.4 is 5.73 Å². The molecule has 0 radical (unpaired) electrons. The van der Waals surface area contributed by atoms with Gasteiger partial charge in [-0.25, -0.2) is 4.79 Å². The third kappa shape index (κ3) is 5.95. The van der Waals surface area contributed by atoms with Crippen LogP contribution in [0.4, 0.5) is 0 Å². The van der Waals surface area contributed by atoms with Crippen LogP contribution in [0.2, 0.25) is 0 Å². The number of carboxylic acids is 1. The predicted octanol–water partition coefficient (Wildman–Crippen LogP) is 2.24. The number of hydrogen-bond donors (Lipinski definition) is 2. The average molecular weight is 309 g/mol. The Morgan fingerprint density at radius 1 is 1.32 bits per heavy atom. The fourth-order valence-electron chi connectivity index (χ4n) is 1.86. The summed E-state index contributed by atoms with van der Waals surface area (Å²) in [6.45, 7) is 8.73. The summed E-state index contributed by atoms with van der Waals surface area (Å²) < 4.78 is 5.30. The quantitative estimate of drug-likeness (QED) is 0.657. The lowest BCUT2D eigenvalue weighted by Gasteiger charge is -2.23. The van der Waals surface area contributed by atoms with Crippen LogP contribution in [-0.4, -0.2) is 29.1 Å². The molecule has 22 heavy (non-hydrogen) atoms. The van der Waals surface area contributed by atoms with E-state index in [9.17, 15) is 14.7 Å². The summed E-state index contributed by atoms with van der Waals surface area (Å²) in [4.78, 5) is 31.9. The summed E-state index contributed by atoms with van der Waals surface area (Å²) in [5.41, 5.74) is 4.89. The SMILES string of the molecule is Cc1cccc(C(C)C(=O)OC(C)(C)C)c1C(=O)O.NC=O. The van der Waals surface area contributed by atoms with Crippen molar-refractivity contribution < 1.29 is 24.2 Å². The number of amides is 1. The number of aromatic carboxylic acids is 1. The Morgan fingerprint density at radius 2 is 1.82 bits per heavy atom. The molecule has 0 aliphatic carbocycles. The van der Waals surface area contributed by atoms with Crippen molar-refractivity contribution in [3.8, 4) is 0 Å². The highest BCUT2D eigenvalue weighted by Crippen LogP contribution is 2.25. The molecule has 0 aliphatic rings. The van der Waals surface area contributed by atoms with E-state index >= 15 is 0 Å². The predicted molar refractivity (Wildman–Crippen MR) is 82.6 cm³/mol. The maximum absolute atomic E-state index is 12.0. The van der Waals surface area contributed by atoms with Gasteiger partial charge in [0.25, 0.3) is 0 Å². The minimum atomic E-state index is -1.02. The Hall–Kier alpha value is -2.37. The Balaban J connectivity index is 0.00000135. The van der Waals surface area contributed by atoms with Crippen molar-refractivity contribution >= 4 is 18.3 Å². The molecule has 122 valence electrons.